The van der Waals surface area contributed by atoms with Crippen LogP contribution in [0.3, 0.4) is 0 Å². The van der Waals surface area contributed by atoms with Crippen molar-refractivity contribution in [2.45, 2.75) is 13.3 Å². The summed E-state index contributed by atoms with van der Waals surface area (Å²) in [5, 5.41) is 0. The molecule has 3 aromatic rings. The van der Waals surface area contributed by atoms with Crippen molar-refractivity contribution in [2.75, 3.05) is 7.11 Å². The molecule has 0 radical (unpaired) electrons. The number of fused-ring (bicyclic) bond motifs is 5. The molecular weight excluding hydrogens is 236 g/mol. The highest BCUT2D eigenvalue weighted by atomic mass is 16.5. The van der Waals surface area contributed by atoms with Gasteiger partial charge in [-0.05, 0) is 42.3 Å². The van der Waals surface area contributed by atoms with E-state index in [-0.39, 0.29) is 0 Å². The second-order valence-corrected chi connectivity index (χ2v) is 5.04. The molecule has 0 aliphatic heterocycles. The molecule has 3 nitrogen and oxygen atoms in total. The van der Waals surface area contributed by atoms with Crippen molar-refractivity contribution < 1.29 is 4.74 Å². The van der Waals surface area contributed by atoms with Gasteiger partial charge in [0.1, 0.15) is 11.4 Å². The van der Waals surface area contributed by atoms with E-state index in [0.29, 0.717) is 0 Å². The van der Waals surface area contributed by atoms with Crippen LogP contribution in [0.4, 0.5) is 0 Å². The fourth-order valence-electron chi connectivity index (χ4n) is 2.82. The molecule has 0 saturated carbocycles. The highest BCUT2D eigenvalue weighted by Gasteiger charge is 2.24. The topological polar surface area (TPSA) is 26.5 Å². The van der Waals surface area contributed by atoms with Gasteiger partial charge in [0.05, 0.1) is 18.5 Å². The number of rotatable bonds is 1. The van der Waals surface area contributed by atoms with E-state index >= 15 is 0 Å². The van der Waals surface area contributed by atoms with Crippen molar-refractivity contribution in [2.24, 2.45) is 0 Å². The maximum atomic E-state index is 5.31. The lowest BCUT2D eigenvalue weighted by molar-refractivity contribution is 0.415. The highest BCUT2D eigenvalue weighted by Crippen LogP contribution is 2.38. The summed E-state index contributed by atoms with van der Waals surface area (Å²) in [4.78, 5) is 4.78. The lowest BCUT2D eigenvalue weighted by Gasteiger charge is -2.03. The molecule has 19 heavy (non-hydrogen) atoms. The Kier molecular flexibility index (Phi) is 2.01. The molecule has 0 bridgehead atoms. The van der Waals surface area contributed by atoms with E-state index < -0.39 is 0 Å². The number of pyridine rings is 1. The molecule has 0 spiro atoms. The average Bonchev–Trinajstić information content (AvgIpc) is 2.93. The molecule has 0 saturated heterocycles. The SMILES string of the molecule is COc1ccc2c(c1)-c1nc3cc(C)ccn3c1C2. The van der Waals surface area contributed by atoms with Crippen molar-refractivity contribution in [3.63, 3.8) is 0 Å². The third kappa shape index (κ3) is 1.41. The van der Waals surface area contributed by atoms with Crippen molar-refractivity contribution in [3.8, 4) is 17.0 Å². The Labute approximate surface area is 111 Å². The number of aryl methyl sites for hydroxylation is 1. The first-order valence-corrected chi connectivity index (χ1v) is 6.41. The standard InChI is InChI=1S/C16H14N2O/c1-10-5-6-18-14-8-11-3-4-12(19-2)9-13(11)16(14)17-15(18)7-10/h3-7,9H,8H2,1-2H3. The van der Waals surface area contributed by atoms with Crippen LogP contribution >= 0.6 is 0 Å². The van der Waals surface area contributed by atoms with Crippen LogP contribution in [0, 0.1) is 6.92 Å². The van der Waals surface area contributed by atoms with Gasteiger partial charge in [0.2, 0.25) is 0 Å². The Bertz CT molecular complexity index is 802. The fourth-order valence-corrected chi connectivity index (χ4v) is 2.82. The molecule has 0 unspecified atom stereocenters. The number of aromatic nitrogens is 2. The van der Waals surface area contributed by atoms with Gasteiger partial charge < -0.3 is 9.14 Å². The summed E-state index contributed by atoms with van der Waals surface area (Å²) in [6.07, 6.45) is 3.05. The van der Waals surface area contributed by atoms with E-state index in [9.17, 15) is 0 Å². The first kappa shape index (κ1) is 10.6. The zero-order valence-electron chi connectivity index (χ0n) is 11.0. The molecule has 2 heterocycles. The molecular formula is C16H14N2O. The fraction of sp³-hybridized carbons (Fsp3) is 0.188. The number of methoxy groups -OCH3 is 1. The molecule has 0 fully saturated rings. The van der Waals surface area contributed by atoms with Crippen LogP contribution in [0.25, 0.3) is 16.9 Å². The van der Waals surface area contributed by atoms with Gasteiger partial charge in [-0.3, -0.25) is 0 Å². The Balaban J connectivity index is 2.00. The summed E-state index contributed by atoms with van der Waals surface area (Å²) in [6, 6.07) is 10.5. The Morgan fingerprint density at radius 2 is 2.11 bits per heavy atom. The van der Waals surface area contributed by atoms with Gasteiger partial charge in [-0.15, -0.1) is 0 Å². The highest BCUT2D eigenvalue weighted by molar-refractivity contribution is 5.76. The minimum atomic E-state index is 0.889. The zero-order chi connectivity index (χ0) is 13.0. The number of hydrogen-bond donors (Lipinski definition) is 0. The number of benzene rings is 1. The minimum Gasteiger partial charge on any atom is -0.497 e. The van der Waals surface area contributed by atoms with Crippen LogP contribution < -0.4 is 4.74 Å². The van der Waals surface area contributed by atoms with E-state index in [1.807, 2.05) is 6.07 Å². The second-order valence-electron chi connectivity index (χ2n) is 5.04. The van der Waals surface area contributed by atoms with E-state index in [1.165, 1.54) is 22.4 Å². The minimum absolute atomic E-state index is 0.889. The maximum absolute atomic E-state index is 5.31. The van der Waals surface area contributed by atoms with Gasteiger partial charge in [-0.1, -0.05) is 6.07 Å². The largest absolute Gasteiger partial charge is 0.497 e. The van der Waals surface area contributed by atoms with Gasteiger partial charge in [0.15, 0.2) is 0 Å². The first-order valence-electron chi connectivity index (χ1n) is 6.41. The zero-order valence-corrected chi connectivity index (χ0v) is 11.0. The molecule has 1 aliphatic rings. The van der Waals surface area contributed by atoms with E-state index in [0.717, 1.165) is 23.5 Å². The van der Waals surface area contributed by atoms with Crippen LogP contribution in [-0.2, 0) is 6.42 Å². The summed E-state index contributed by atoms with van der Waals surface area (Å²) in [5.74, 6) is 0.889. The summed E-state index contributed by atoms with van der Waals surface area (Å²) < 4.78 is 7.50. The molecule has 4 rings (SSSR count). The third-order valence-electron chi connectivity index (χ3n) is 3.81. The van der Waals surface area contributed by atoms with Gasteiger partial charge in [-0.2, -0.15) is 0 Å². The lowest BCUT2D eigenvalue weighted by atomic mass is 10.1. The average molecular weight is 250 g/mol. The van der Waals surface area contributed by atoms with Crippen molar-refractivity contribution >= 4 is 5.65 Å². The second kappa shape index (κ2) is 3.60. The van der Waals surface area contributed by atoms with Gasteiger partial charge in [0.25, 0.3) is 0 Å². The predicted octanol–water partition coefficient (Wildman–Crippen LogP) is 3.22. The molecule has 0 amide bonds. The van der Waals surface area contributed by atoms with E-state index in [2.05, 4.69) is 41.8 Å². The van der Waals surface area contributed by atoms with Crippen LogP contribution in [-0.4, -0.2) is 16.5 Å². The Hall–Kier alpha value is -2.29. The predicted molar refractivity (Wildman–Crippen MR) is 74.7 cm³/mol. The monoisotopic (exact) mass is 250 g/mol. The van der Waals surface area contributed by atoms with Crippen LogP contribution in [0.1, 0.15) is 16.8 Å². The molecule has 3 heteroatoms. The Morgan fingerprint density at radius 1 is 1.21 bits per heavy atom. The normalized spacial score (nSPS) is 12.5. The van der Waals surface area contributed by atoms with Gasteiger partial charge in [-0.25, -0.2) is 4.98 Å². The number of nitrogens with zero attached hydrogens (tertiary/aromatic N) is 2. The summed E-state index contributed by atoms with van der Waals surface area (Å²) in [7, 11) is 1.70. The van der Waals surface area contributed by atoms with Crippen molar-refractivity contribution in [3.05, 3.63) is 53.3 Å². The first-order chi connectivity index (χ1) is 9.26. The van der Waals surface area contributed by atoms with Crippen LogP contribution in [0.5, 0.6) is 5.75 Å². The van der Waals surface area contributed by atoms with Crippen LogP contribution in [0.15, 0.2) is 36.5 Å². The molecule has 94 valence electrons. The maximum Gasteiger partial charge on any atom is 0.137 e. The molecule has 2 aromatic heterocycles. The summed E-state index contributed by atoms with van der Waals surface area (Å²) in [6.45, 7) is 2.09. The third-order valence-corrected chi connectivity index (χ3v) is 3.81. The number of ether oxygens (including phenoxy) is 1. The van der Waals surface area contributed by atoms with E-state index in [4.69, 9.17) is 9.72 Å². The molecule has 0 atom stereocenters. The number of hydrogen-bond acceptors (Lipinski definition) is 2. The summed E-state index contributed by atoms with van der Waals surface area (Å²) in [5.41, 5.74) is 7.17. The van der Waals surface area contributed by atoms with Gasteiger partial charge >= 0.3 is 0 Å². The quantitative estimate of drug-likeness (QED) is 0.518. The molecule has 1 aliphatic carbocycles. The van der Waals surface area contributed by atoms with Gasteiger partial charge in [0, 0.05) is 18.2 Å². The van der Waals surface area contributed by atoms with E-state index in [1.54, 1.807) is 7.11 Å². The lowest BCUT2D eigenvalue weighted by Crippen LogP contribution is -1.92. The Morgan fingerprint density at radius 3 is 2.95 bits per heavy atom. The molecule has 1 aromatic carbocycles. The van der Waals surface area contributed by atoms with Crippen molar-refractivity contribution in [1.82, 2.24) is 9.38 Å². The van der Waals surface area contributed by atoms with Crippen molar-refractivity contribution in [1.29, 1.82) is 0 Å². The number of imidazole rings is 1. The van der Waals surface area contributed by atoms with Crippen LogP contribution in [0.2, 0.25) is 0 Å². The molecule has 0 N–H and O–H groups in total. The summed E-state index contributed by atoms with van der Waals surface area (Å²) >= 11 is 0. The smallest absolute Gasteiger partial charge is 0.137 e.